The number of hydrogen-bond donors (Lipinski definition) is 1. The summed E-state index contributed by atoms with van der Waals surface area (Å²) in [7, 11) is 1.63. The molecule has 5 rings (SSSR count). The number of fused-ring (bicyclic) bond motifs is 1. The van der Waals surface area contributed by atoms with Crippen molar-refractivity contribution in [3.05, 3.63) is 46.0 Å². The molecule has 2 aromatic heterocycles. The van der Waals surface area contributed by atoms with Gasteiger partial charge in [0.15, 0.2) is 5.82 Å². The second-order valence-corrected chi connectivity index (χ2v) is 7.91. The molecule has 2 fully saturated rings. The molecule has 31 heavy (non-hydrogen) atoms. The minimum atomic E-state index is -0.389. The maximum Gasteiger partial charge on any atom is 0.253 e. The van der Waals surface area contributed by atoms with Gasteiger partial charge in [-0.3, -0.25) is 9.69 Å². The van der Waals surface area contributed by atoms with Gasteiger partial charge in [0.05, 0.1) is 33.0 Å². The number of ether oxygens (including phenoxy) is 3. The number of morpholine rings is 1. The van der Waals surface area contributed by atoms with Crippen molar-refractivity contribution in [2.45, 2.75) is 31.5 Å². The van der Waals surface area contributed by atoms with E-state index in [9.17, 15) is 4.79 Å². The molecule has 164 valence electrons. The first-order valence-corrected chi connectivity index (χ1v) is 10.6. The number of pyridine rings is 1. The minimum Gasteiger partial charge on any atom is -0.497 e. The molecule has 10 heteroatoms. The number of benzene rings is 1. The molecule has 2 aliphatic heterocycles. The van der Waals surface area contributed by atoms with Crippen LogP contribution in [0.4, 0.5) is 0 Å². The Hall–Kier alpha value is -2.82. The molecule has 3 aromatic rings. The highest BCUT2D eigenvalue weighted by molar-refractivity contribution is 5.80. The zero-order chi connectivity index (χ0) is 21.2. The van der Waals surface area contributed by atoms with Crippen LogP contribution in [0.5, 0.6) is 5.75 Å². The molecule has 0 amide bonds. The fourth-order valence-corrected chi connectivity index (χ4v) is 4.39. The fourth-order valence-electron chi connectivity index (χ4n) is 4.39. The average Bonchev–Trinajstić information content (AvgIpc) is 3.48. The van der Waals surface area contributed by atoms with Gasteiger partial charge < -0.3 is 19.2 Å². The summed E-state index contributed by atoms with van der Waals surface area (Å²) in [5, 5.41) is 13.4. The third-order valence-corrected chi connectivity index (χ3v) is 5.99. The number of rotatable bonds is 6. The Morgan fingerprint density at radius 2 is 2.13 bits per heavy atom. The van der Waals surface area contributed by atoms with Gasteiger partial charge in [-0.15, -0.1) is 5.10 Å². The molecule has 2 aliphatic rings. The fraction of sp³-hybridized carbons (Fsp3) is 0.524. The molecule has 0 radical (unpaired) electrons. The SMILES string of the molecule is COc1ccc2[nH]c(=O)c(C(c3nnnn3CC3CCCO3)N3CCOCC3)cc2c1. The smallest absolute Gasteiger partial charge is 0.253 e. The number of aromatic amines is 1. The molecule has 2 atom stereocenters. The number of tetrazole rings is 1. The second kappa shape index (κ2) is 8.74. The van der Waals surface area contributed by atoms with E-state index in [1.54, 1.807) is 11.8 Å². The zero-order valence-electron chi connectivity index (χ0n) is 17.5. The first kappa shape index (κ1) is 20.1. The van der Waals surface area contributed by atoms with Gasteiger partial charge >= 0.3 is 0 Å². The van der Waals surface area contributed by atoms with Gasteiger partial charge in [-0.2, -0.15) is 0 Å². The molecule has 0 spiro atoms. The van der Waals surface area contributed by atoms with E-state index in [1.807, 2.05) is 24.3 Å². The van der Waals surface area contributed by atoms with Crippen LogP contribution in [-0.4, -0.2) is 76.2 Å². The highest BCUT2D eigenvalue weighted by Gasteiger charge is 2.32. The van der Waals surface area contributed by atoms with E-state index in [2.05, 4.69) is 25.4 Å². The lowest BCUT2D eigenvalue weighted by Gasteiger charge is -2.33. The van der Waals surface area contributed by atoms with E-state index in [0.29, 0.717) is 44.2 Å². The third-order valence-electron chi connectivity index (χ3n) is 5.99. The lowest BCUT2D eigenvalue weighted by molar-refractivity contribution is 0.0205. The van der Waals surface area contributed by atoms with E-state index >= 15 is 0 Å². The van der Waals surface area contributed by atoms with Crippen molar-refractivity contribution < 1.29 is 14.2 Å². The topological polar surface area (TPSA) is 107 Å². The van der Waals surface area contributed by atoms with E-state index in [0.717, 1.165) is 36.1 Å². The lowest BCUT2D eigenvalue weighted by atomic mass is 10.0. The standard InChI is InChI=1S/C21H26N6O4/c1-29-15-4-5-18-14(11-15)12-17(21(28)22-18)19(26-6-9-30-10-7-26)20-23-24-25-27(20)13-16-3-2-8-31-16/h4-5,11-12,16,19H,2-3,6-10,13H2,1H3,(H,22,28). The van der Waals surface area contributed by atoms with Crippen LogP contribution in [0.3, 0.4) is 0 Å². The summed E-state index contributed by atoms with van der Waals surface area (Å²) in [6.07, 6.45) is 2.12. The van der Waals surface area contributed by atoms with Gasteiger partial charge in [0.25, 0.3) is 5.56 Å². The Kier molecular flexibility index (Phi) is 5.66. The van der Waals surface area contributed by atoms with Gasteiger partial charge in [0.1, 0.15) is 11.8 Å². The monoisotopic (exact) mass is 426 g/mol. The summed E-state index contributed by atoms with van der Waals surface area (Å²) in [5.74, 6) is 1.38. The average molecular weight is 426 g/mol. The Balaban J connectivity index is 1.59. The minimum absolute atomic E-state index is 0.0896. The number of nitrogens with one attached hydrogen (secondary N) is 1. The van der Waals surface area contributed by atoms with Gasteiger partial charge in [-0.1, -0.05) is 0 Å². The molecule has 2 saturated heterocycles. The number of nitrogens with zero attached hydrogens (tertiary/aromatic N) is 5. The second-order valence-electron chi connectivity index (χ2n) is 7.91. The molecule has 0 aliphatic carbocycles. The van der Waals surface area contributed by atoms with Crippen molar-refractivity contribution >= 4 is 10.9 Å². The van der Waals surface area contributed by atoms with Gasteiger partial charge in [0.2, 0.25) is 0 Å². The molecule has 10 nitrogen and oxygen atoms in total. The zero-order valence-corrected chi connectivity index (χ0v) is 17.5. The maximum atomic E-state index is 13.2. The molecule has 4 heterocycles. The molecule has 0 saturated carbocycles. The molecule has 1 aromatic carbocycles. The Morgan fingerprint density at radius 1 is 1.26 bits per heavy atom. The summed E-state index contributed by atoms with van der Waals surface area (Å²) in [4.78, 5) is 18.4. The van der Waals surface area contributed by atoms with Crippen LogP contribution in [0, 0.1) is 0 Å². The predicted octanol–water partition coefficient (Wildman–Crippen LogP) is 1.12. The van der Waals surface area contributed by atoms with Gasteiger partial charge in [-0.05, 0) is 47.5 Å². The number of H-pyrrole nitrogens is 1. The Bertz CT molecular complexity index is 1100. The first-order valence-electron chi connectivity index (χ1n) is 10.6. The van der Waals surface area contributed by atoms with Crippen molar-refractivity contribution in [1.29, 1.82) is 0 Å². The van der Waals surface area contributed by atoms with Crippen LogP contribution in [0.1, 0.15) is 30.3 Å². The number of methoxy groups -OCH3 is 1. The van der Waals surface area contributed by atoms with Crippen LogP contribution >= 0.6 is 0 Å². The summed E-state index contributed by atoms with van der Waals surface area (Å²) in [5.41, 5.74) is 1.21. The van der Waals surface area contributed by atoms with Crippen molar-refractivity contribution in [2.24, 2.45) is 0 Å². The number of aromatic nitrogens is 5. The molecular weight excluding hydrogens is 400 g/mol. The maximum absolute atomic E-state index is 13.2. The van der Waals surface area contributed by atoms with Crippen LogP contribution in [0.15, 0.2) is 29.1 Å². The van der Waals surface area contributed by atoms with Crippen LogP contribution in [-0.2, 0) is 16.0 Å². The highest BCUT2D eigenvalue weighted by atomic mass is 16.5. The van der Waals surface area contributed by atoms with Crippen molar-refractivity contribution in [1.82, 2.24) is 30.1 Å². The normalized spacial score (nSPS) is 20.9. The van der Waals surface area contributed by atoms with Crippen molar-refractivity contribution in [3.63, 3.8) is 0 Å². The Labute approximate surface area is 179 Å². The highest BCUT2D eigenvalue weighted by Crippen LogP contribution is 2.29. The van der Waals surface area contributed by atoms with E-state index in [1.165, 1.54) is 0 Å². The quantitative estimate of drug-likeness (QED) is 0.625. The number of hydrogen-bond acceptors (Lipinski definition) is 8. The lowest BCUT2D eigenvalue weighted by Crippen LogP contribution is -2.42. The van der Waals surface area contributed by atoms with Crippen LogP contribution in [0.25, 0.3) is 10.9 Å². The van der Waals surface area contributed by atoms with Crippen LogP contribution in [0.2, 0.25) is 0 Å². The van der Waals surface area contributed by atoms with Crippen molar-refractivity contribution in [3.8, 4) is 5.75 Å². The summed E-state index contributed by atoms with van der Waals surface area (Å²) in [6.45, 7) is 3.91. The molecular formula is C21H26N6O4. The van der Waals surface area contributed by atoms with Crippen LogP contribution < -0.4 is 10.3 Å². The predicted molar refractivity (Wildman–Crippen MR) is 112 cm³/mol. The summed E-state index contributed by atoms with van der Waals surface area (Å²) in [6, 6.07) is 7.13. The molecule has 1 N–H and O–H groups in total. The first-order chi connectivity index (χ1) is 15.2. The largest absolute Gasteiger partial charge is 0.497 e. The van der Waals surface area contributed by atoms with E-state index in [4.69, 9.17) is 14.2 Å². The molecule has 2 unspecified atom stereocenters. The summed E-state index contributed by atoms with van der Waals surface area (Å²) < 4.78 is 18.5. The van der Waals surface area contributed by atoms with E-state index < -0.39 is 0 Å². The Morgan fingerprint density at radius 3 is 2.90 bits per heavy atom. The van der Waals surface area contributed by atoms with Gasteiger partial charge in [-0.25, -0.2) is 4.68 Å². The van der Waals surface area contributed by atoms with Crippen molar-refractivity contribution in [2.75, 3.05) is 40.0 Å². The summed E-state index contributed by atoms with van der Waals surface area (Å²) >= 11 is 0. The van der Waals surface area contributed by atoms with Gasteiger partial charge in [0, 0.05) is 36.2 Å². The molecule has 0 bridgehead atoms. The third kappa shape index (κ3) is 4.06. The van der Waals surface area contributed by atoms with E-state index in [-0.39, 0.29) is 17.7 Å².